The molecule has 5 heterocycles. The molecule has 14 heteroatoms. The first-order chi connectivity index (χ1) is 21.9. The molecule has 45 heavy (non-hydrogen) atoms. The van der Waals surface area contributed by atoms with E-state index in [1.54, 1.807) is 32.7 Å². The summed E-state index contributed by atoms with van der Waals surface area (Å²) in [6, 6.07) is 6.82. The summed E-state index contributed by atoms with van der Waals surface area (Å²) >= 11 is 0. The highest BCUT2D eigenvalue weighted by atomic mass is 19.2. The molecule has 3 aliphatic rings. The fourth-order valence-electron chi connectivity index (χ4n) is 6.74. The van der Waals surface area contributed by atoms with Crippen LogP contribution in [0.3, 0.4) is 0 Å². The van der Waals surface area contributed by atoms with Crippen LogP contribution in [0.15, 0.2) is 41.3 Å². The van der Waals surface area contributed by atoms with E-state index in [-0.39, 0.29) is 48.5 Å². The number of amides is 4. The second kappa shape index (κ2) is 13.9. The van der Waals surface area contributed by atoms with Gasteiger partial charge in [0.2, 0.25) is 0 Å². The molecule has 3 fully saturated rings. The third kappa shape index (κ3) is 7.12. The van der Waals surface area contributed by atoms with Gasteiger partial charge in [-0.05, 0) is 49.4 Å². The predicted molar refractivity (Wildman–Crippen MR) is 163 cm³/mol. The van der Waals surface area contributed by atoms with Crippen molar-refractivity contribution in [2.75, 3.05) is 65.6 Å². The standard InChI is InChI=1S/C31H40F2N8O4/c32-25-4-1-3-24(27(25)33)21-6-7-22(20-40(19-21)29(42)35-11-14-38-15-17-45-18-16-38)36-30(43)39-12-8-23(9-13-39)41-26-5-2-10-34-28(26)37-31(41)44/h1-5,10,21-23H,6-9,11-20H2,(H,35,42)(H,36,43)(H,34,37,44)/t21-,22-/m1/s1. The quantitative estimate of drug-likeness (QED) is 0.386. The number of fused-ring (bicyclic) bond motifs is 1. The number of pyridine rings is 1. The molecular formula is C31H40F2N8O4. The molecule has 4 amide bonds. The van der Waals surface area contributed by atoms with Crippen LogP contribution in [0.1, 0.15) is 43.2 Å². The second-order valence-corrected chi connectivity index (χ2v) is 12.0. The number of urea groups is 2. The average molecular weight is 627 g/mol. The minimum atomic E-state index is -0.919. The normalized spacial score (nSPS) is 21.9. The van der Waals surface area contributed by atoms with Crippen molar-refractivity contribution >= 4 is 23.2 Å². The van der Waals surface area contributed by atoms with Crippen molar-refractivity contribution in [1.82, 2.24) is 39.9 Å². The number of piperidine rings is 1. The smallest absolute Gasteiger partial charge is 0.327 e. The Hall–Kier alpha value is -4.04. The molecular weight excluding hydrogens is 586 g/mol. The number of imidazole rings is 1. The van der Waals surface area contributed by atoms with Crippen LogP contribution in [0.2, 0.25) is 0 Å². The maximum atomic E-state index is 14.8. The van der Waals surface area contributed by atoms with Gasteiger partial charge in [-0.15, -0.1) is 0 Å². The lowest BCUT2D eigenvalue weighted by Crippen LogP contribution is -2.53. The molecule has 12 nitrogen and oxygen atoms in total. The topological polar surface area (TPSA) is 128 Å². The third-order valence-electron chi connectivity index (χ3n) is 9.20. The van der Waals surface area contributed by atoms with Gasteiger partial charge in [0, 0.05) is 76.6 Å². The van der Waals surface area contributed by atoms with Gasteiger partial charge in [-0.25, -0.2) is 28.1 Å². The number of halogens is 2. The number of aromatic amines is 1. The summed E-state index contributed by atoms with van der Waals surface area (Å²) in [5.41, 5.74) is 1.31. The summed E-state index contributed by atoms with van der Waals surface area (Å²) < 4.78 is 36.1. The van der Waals surface area contributed by atoms with Gasteiger partial charge >= 0.3 is 17.8 Å². The highest BCUT2D eigenvalue weighted by Crippen LogP contribution is 2.30. The number of nitrogens with one attached hydrogen (secondary N) is 3. The number of nitrogens with zero attached hydrogens (tertiary/aromatic N) is 5. The molecule has 3 aliphatic heterocycles. The number of ether oxygens (including phenoxy) is 1. The van der Waals surface area contributed by atoms with Crippen LogP contribution in [0, 0.1) is 11.6 Å². The van der Waals surface area contributed by atoms with E-state index < -0.39 is 17.6 Å². The number of morpholine rings is 1. The number of rotatable bonds is 6. The molecule has 0 spiro atoms. The van der Waals surface area contributed by atoms with Crippen molar-refractivity contribution < 1.29 is 23.1 Å². The Morgan fingerprint density at radius 1 is 0.956 bits per heavy atom. The van der Waals surface area contributed by atoms with Crippen LogP contribution in [0.25, 0.3) is 11.2 Å². The molecule has 1 aromatic carbocycles. The van der Waals surface area contributed by atoms with E-state index in [0.717, 1.165) is 24.7 Å². The Balaban J connectivity index is 1.09. The minimum absolute atomic E-state index is 0.0593. The van der Waals surface area contributed by atoms with Gasteiger partial charge in [0.05, 0.1) is 18.7 Å². The summed E-state index contributed by atoms with van der Waals surface area (Å²) in [7, 11) is 0. The maximum absolute atomic E-state index is 14.8. The number of hydrogen-bond donors (Lipinski definition) is 3. The fourth-order valence-corrected chi connectivity index (χ4v) is 6.74. The van der Waals surface area contributed by atoms with Crippen molar-refractivity contribution in [3.8, 4) is 0 Å². The van der Waals surface area contributed by atoms with Gasteiger partial charge in [-0.1, -0.05) is 12.1 Å². The van der Waals surface area contributed by atoms with Crippen LogP contribution in [-0.4, -0.2) is 113 Å². The van der Waals surface area contributed by atoms with Crippen LogP contribution < -0.4 is 16.3 Å². The van der Waals surface area contributed by atoms with E-state index in [1.165, 1.54) is 6.07 Å². The molecule has 0 unspecified atom stereocenters. The van der Waals surface area contributed by atoms with Crippen LogP contribution in [-0.2, 0) is 4.74 Å². The Kier molecular flexibility index (Phi) is 9.59. The SMILES string of the molecule is O=C(NCCN1CCOCC1)N1C[C@H](NC(=O)N2CCC(n3c(=O)[nH]c4ncccc43)CC2)CC[C@@H](c2cccc(F)c2F)C1. The zero-order valence-electron chi connectivity index (χ0n) is 25.2. The first-order valence-electron chi connectivity index (χ1n) is 15.7. The molecule has 3 saturated heterocycles. The summed E-state index contributed by atoms with van der Waals surface area (Å²) in [5, 5.41) is 6.08. The van der Waals surface area contributed by atoms with E-state index in [4.69, 9.17) is 4.74 Å². The van der Waals surface area contributed by atoms with Crippen molar-refractivity contribution in [1.29, 1.82) is 0 Å². The lowest BCUT2D eigenvalue weighted by atomic mass is 9.93. The molecule has 0 radical (unpaired) electrons. The van der Waals surface area contributed by atoms with Crippen molar-refractivity contribution in [2.45, 2.75) is 43.7 Å². The van der Waals surface area contributed by atoms with E-state index >= 15 is 0 Å². The van der Waals surface area contributed by atoms with Crippen LogP contribution >= 0.6 is 0 Å². The first-order valence-corrected chi connectivity index (χ1v) is 15.7. The van der Waals surface area contributed by atoms with Crippen molar-refractivity contribution in [3.63, 3.8) is 0 Å². The number of hydrogen-bond acceptors (Lipinski definition) is 6. The van der Waals surface area contributed by atoms with Gasteiger partial charge in [0.15, 0.2) is 17.3 Å². The highest BCUT2D eigenvalue weighted by Gasteiger charge is 2.32. The predicted octanol–water partition coefficient (Wildman–Crippen LogP) is 2.64. The van der Waals surface area contributed by atoms with Gasteiger partial charge in [0.1, 0.15) is 0 Å². The van der Waals surface area contributed by atoms with E-state index in [1.807, 2.05) is 6.07 Å². The molecule has 0 saturated carbocycles. The molecule has 0 bridgehead atoms. The number of carbonyl (C=O) groups excluding carboxylic acids is 2. The fraction of sp³-hybridized carbons (Fsp3) is 0.548. The Morgan fingerprint density at radius 3 is 2.56 bits per heavy atom. The number of benzene rings is 1. The lowest BCUT2D eigenvalue weighted by Gasteiger charge is -2.34. The lowest BCUT2D eigenvalue weighted by molar-refractivity contribution is 0.0385. The van der Waals surface area contributed by atoms with Gasteiger partial charge < -0.3 is 25.2 Å². The summed E-state index contributed by atoms with van der Waals surface area (Å²) in [5.74, 6) is -2.24. The molecule has 242 valence electrons. The van der Waals surface area contributed by atoms with Crippen LogP contribution in [0.5, 0.6) is 0 Å². The summed E-state index contributed by atoms with van der Waals surface area (Å²) in [6.07, 6.45) is 3.83. The zero-order valence-corrected chi connectivity index (χ0v) is 25.2. The van der Waals surface area contributed by atoms with E-state index in [9.17, 15) is 23.2 Å². The summed E-state index contributed by atoms with van der Waals surface area (Å²) in [4.78, 5) is 52.0. The largest absolute Gasteiger partial charge is 0.379 e. The molecule has 6 rings (SSSR count). The molecule has 3 N–H and O–H groups in total. The monoisotopic (exact) mass is 626 g/mol. The second-order valence-electron chi connectivity index (χ2n) is 12.0. The van der Waals surface area contributed by atoms with Crippen molar-refractivity contribution in [3.05, 3.63) is 64.2 Å². The number of H-pyrrole nitrogens is 1. The highest BCUT2D eigenvalue weighted by molar-refractivity contribution is 5.76. The first kappa shape index (κ1) is 31.0. The van der Waals surface area contributed by atoms with E-state index in [2.05, 4.69) is 25.5 Å². The summed E-state index contributed by atoms with van der Waals surface area (Å²) in [6.45, 7) is 5.45. The number of aromatic nitrogens is 3. The number of likely N-dealkylation sites (tertiary alicyclic amines) is 2. The Labute approximate surface area is 259 Å². The van der Waals surface area contributed by atoms with Crippen LogP contribution in [0.4, 0.5) is 18.4 Å². The van der Waals surface area contributed by atoms with Gasteiger partial charge in [-0.2, -0.15) is 0 Å². The van der Waals surface area contributed by atoms with Crippen molar-refractivity contribution in [2.24, 2.45) is 0 Å². The third-order valence-corrected chi connectivity index (χ3v) is 9.20. The minimum Gasteiger partial charge on any atom is -0.379 e. The zero-order chi connectivity index (χ0) is 31.3. The molecule has 2 aromatic heterocycles. The van der Waals surface area contributed by atoms with E-state index in [0.29, 0.717) is 70.7 Å². The molecule has 3 aromatic rings. The average Bonchev–Trinajstić information content (AvgIpc) is 3.24. The maximum Gasteiger partial charge on any atom is 0.327 e. The Morgan fingerprint density at radius 2 is 1.76 bits per heavy atom. The number of carbonyl (C=O) groups is 2. The Bertz CT molecular complexity index is 1550. The van der Waals surface area contributed by atoms with Gasteiger partial charge in [0.25, 0.3) is 0 Å². The molecule has 0 aliphatic carbocycles. The van der Waals surface area contributed by atoms with Gasteiger partial charge in [-0.3, -0.25) is 14.5 Å². The molecule has 2 atom stereocenters.